The van der Waals surface area contributed by atoms with Crippen molar-refractivity contribution in [2.24, 2.45) is 5.73 Å². The number of hydrogen-bond donors (Lipinski definition) is 2. The van der Waals surface area contributed by atoms with Gasteiger partial charge in [-0.15, -0.1) is 0 Å². The highest BCUT2D eigenvalue weighted by Crippen LogP contribution is 2.22. The summed E-state index contributed by atoms with van der Waals surface area (Å²) in [5, 5.41) is 2.92. The Morgan fingerprint density at radius 1 is 1.32 bits per heavy atom. The van der Waals surface area contributed by atoms with Crippen molar-refractivity contribution in [3.63, 3.8) is 0 Å². The summed E-state index contributed by atoms with van der Waals surface area (Å²) >= 11 is 0. The summed E-state index contributed by atoms with van der Waals surface area (Å²) in [6, 6.07) is 4.17. The minimum Gasteiger partial charge on any atom is -0.496 e. The molecule has 4 nitrogen and oxygen atoms in total. The maximum absolute atomic E-state index is 11.5. The van der Waals surface area contributed by atoms with E-state index in [9.17, 15) is 4.79 Å². The van der Waals surface area contributed by atoms with Gasteiger partial charge in [-0.1, -0.05) is 6.07 Å². The third-order valence-electron chi connectivity index (χ3n) is 3.18. The summed E-state index contributed by atoms with van der Waals surface area (Å²) < 4.78 is 5.29. The fraction of sp³-hybridized carbons (Fsp3) is 0.533. The van der Waals surface area contributed by atoms with Gasteiger partial charge in [0, 0.05) is 13.0 Å². The van der Waals surface area contributed by atoms with Crippen molar-refractivity contribution in [1.29, 1.82) is 0 Å². The first-order valence-electron chi connectivity index (χ1n) is 6.69. The summed E-state index contributed by atoms with van der Waals surface area (Å²) in [5.74, 6) is 0.988. The predicted octanol–water partition coefficient (Wildman–Crippen LogP) is 1.71. The van der Waals surface area contributed by atoms with E-state index in [2.05, 4.69) is 18.3 Å². The Balaban J connectivity index is 2.49. The van der Waals surface area contributed by atoms with Crippen molar-refractivity contribution in [3.8, 4) is 5.75 Å². The van der Waals surface area contributed by atoms with Crippen molar-refractivity contribution >= 4 is 5.91 Å². The maximum atomic E-state index is 11.5. The van der Waals surface area contributed by atoms with Crippen LogP contribution in [-0.4, -0.2) is 26.1 Å². The van der Waals surface area contributed by atoms with Gasteiger partial charge in [-0.05, 0) is 56.0 Å². The molecule has 19 heavy (non-hydrogen) atoms. The van der Waals surface area contributed by atoms with Crippen molar-refractivity contribution in [3.05, 3.63) is 28.8 Å². The van der Waals surface area contributed by atoms with E-state index < -0.39 is 0 Å². The number of benzene rings is 1. The molecule has 0 aliphatic rings. The molecular weight excluding hydrogens is 240 g/mol. The van der Waals surface area contributed by atoms with Gasteiger partial charge in [0.05, 0.1) is 7.11 Å². The minimum atomic E-state index is 0.0772. The fourth-order valence-electron chi connectivity index (χ4n) is 2.03. The molecule has 0 aliphatic carbocycles. The van der Waals surface area contributed by atoms with E-state index in [-0.39, 0.29) is 5.91 Å². The zero-order valence-electron chi connectivity index (χ0n) is 12.1. The monoisotopic (exact) mass is 264 g/mol. The molecule has 0 atom stereocenters. The Hall–Kier alpha value is -1.55. The predicted molar refractivity (Wildman–Crippen MR) is 77.5 cm³/mol. The van der Waals surface area contributed by atoms with Gasteiger partial charge in [0.1, 0.15) is 5.75 Å². The molecule has 1 aromatic carbocycles. The van der Waals surface area contributed by atoms with E-state index in [0.29, 0.717) is 19.5 Å². The number of ether oxygens (including phenoxy) is 1. The first kappa shape index (κ1) is 15.5. The molecule has 0 bridgehead atoms. The van der Waals surface area contributed by atoms with Crippen LogP contribution in [0.15, 0.2) is 12.1 Å². The van der Waals surface area contributed by atoms with Crippen molar-refractivity contribution in [2.45, 2.75) is 33.1 Å². The second-order valence-corrected chi connectivity index (χ2v) is 4.74. The Morgan fingerprint density at radius 2 is 2.05 bits per heavy atom. The van der Waals surface area contributed by atoms with Gasteiger partial charge in [0.25, 0.3) is 0 Å². The van der Waals surface area contributed by atoms with Gasteiger partial charge in [0.2, 0.25) is 5.91 Å². The van der Waals surface area contributed by atoms with Gasteiger partial charge in [-0.25, -0.2) is 0 Å². The van der Waals surface area contributed by atoms with Crippen LogP contribution >= 0.6 is 0 Å². The SMILES string of the molecule is COc1cc(C)c(CCNC(=O)CCCN)cc1C. The largest absolute Gasteiger partial charge is 0.496 e. The Bertz CT molecular complexity index is 430. The van der Waals surface area contributed by atoms with Crippen LogP contribution in [0.25, 0.3) is 0 Å². The number of hydrogen-bond acceptors (Lipinski definition) is 3. The van der Waals surface area contributed by atoms with Gasteiger partial charge in [0.15, 0.2) is 0 Å². The van der Waals surface area contributed by atoms with Gasteiger partial charge in [-0.2, -0.15) is 0 Å². The quantitative estimate of drug-likeness (QED) is 0.788. The lowest BCUT2D eigenvalue weighted by Gasteiger charge is -2.12. The Morgan fingerprint density at radius 3 is 2.68 bits per heavy atom. The summed E-state index contributed by atoms with van der Waals surface area (Å²) in [4.78, 5) is 11.5. The van der Waals surface area contributed by atoms with Gasteiger partial charge >= 0.3 is 0 Å². The van der Waals surface area contributed by atoms with Crippen LogP contribution < -0.4 is 15.8 Å². The average molecular weight is 264 g/mol. The lowest BCUT2D eigenvalue weighted by Crippen LogP contribution is -2.26. The van der Waals surface area contributed by atoms with Crippen LogP contribution in [0.3, 0.4) is 0 Å². The molecule has 0 aliphatic heterocycles. The molecule has 0 heterocycles. The van der Waals surface area contributed by atoms with E-state index in [1.165, 1.54) is 11.1 Å². The molecule has 3 N–H and O–H groups in total. The molecule has 0 unspecified atom stereocenters. The highest BCUT2D eigenvalue weighted by atomic mass is 16.5. The molecule has 0 radical (unpaired) electrons. The Labute approximate surface area is 115 Å². The molecule has 1 amide bonds. The van der Waals surface area contributed by atoms with Crippen molar-refractivity contribution < 1.29 is 9.53 Å². The second kappa shape index (κ2) is 7.79. The van der Waals surface area contributed by atoms with E-state index in [0.717, 1.165) is 24.2 Å². The molecular formula is C15H24N2O2. The topological polar surface area (TPSA) is 64.3 Å². The summed E-state index contributed by atoms with van der Waals surface area (Å²) in [6.45, 7) is 5.31. The lowest BCUT2D eigenvalue weighted by molar-refractivity contribution is -0.121. The van der Waals surface area contributed by atoms with Gasteiger partial charge in [-0.3, -0.25) is 4.79 Å². The molecule has 0 saturated carbocycles. The van der Waals surface area contributed by atoms with Crippen LogP contribution in [0.4, 0.5) is 0 Å². The number of methoxy groups -OCH3 is 1. The van der Waals surface area contributed by atoms with Crippen LogP contribution in [0, 0.1) is 13.8 Å². The van der Waals surface area contributed by atoms with Crippen LogP contribution in [0.5, 0.6) is 5.75 Å². The number of carbonyl (C=O) groups excluding carboxylic acids is 1. The van der Waals surface area contributed by atoms with E-state index in [1.807, 2.05) is 13.0 Å². The number of nitrogens with two attached hydrogens (primary N) is 1. The number of aryl methyl sites for hydroxylation is 2. The van der Waals surface area contributed by atoms with Crippen LogP contribution in [0.2, 0.25) is 0 Å². The zero-order valence-corrected chi connectivity index (χ0v) is 12.1. The lowest BCUT2D eigenvalue weighted by atomic mass is 10.0. The van der Waals surface area contributed by atoms with E-state index in [1.54, 1.807) is 7.11 Å². The first-order valence-corrected chi connectivity index (χ1v) is 6.69. The van der Waals surface area contributed by atoms with E-state index in [4.69, 9.17) is 10.5 Å². The molecule has 4 heteroatoms. The average Bonchev–Trinajstić information content (AvgIpc) is 2.39. The van der Waals surface area contributed by atoms with Crippen molar-refractivity contribution in [2.75, 3.05) is 20.2 Å². The molecule has 0 spiro atoms. The second-order valence-electron chi connectivity index (χ2n) is 4.74. The molecule has 106 valence electrons. The highest BCUT2D eigenvalue weighted by Gasteiger charge is 2.05. The smallest absolute Gasteiger partial charge is 0.220 e. The van der Waals surface area contributed by atoms with Crippen LogP contribution in [0.1, 0.15) is 29.5 Å². The zero-order chi connectivity index (χ0) is 14.3. The third-order valence-corrected chi connectivity index (χ3v) is 3.18. The molecule has 0 fully saturated rings. The molecule has 1 aromatic rings. The van der Waals surface area contributed by atoms with Crippen molar-refractivity contribution in [1.82, 2.24) is 5.32 Å². The Kier molecular flexibility index (Phi) is 6.36. The summed E-state index contributed by atoms with van der Waals surface area (Å²) in [6.07, 6.45) is 2.09. The maximum Gasteiger partial charge on any atom is 0.220 e. The molecule has 0 aromatic heterocycles. The third kappa shape index (κ3) is 4.91. The number of rotatable bonds is 7. The number of nitrogens with one attached hydrogen (secondary N) is 1. The molecule has 0 saturated heterocycles. The van der Waals surface area contributed by atoms with E-state index >= 15 is 0 Å². The van der Waals surface area contributed by atoms with Crippen LogP contribution in [-0.2, 0) is 11.2 Å². The first-order chi connectivity index (χ1) is 9.08. The number of carbonyl (C=O) groups is 1. The summed E-state index contributed by atoms with van der Waals surface area (Å²) in [7, 11) is 1.68. The fourth-order valence-corrected chi connectivity index (χ4v) is 2.03. The minimum absolute atomic E-state index is 0.0772. The number of amides is 1. The standard InChI is InChI=1S/C15H24N2O2/c1-11-10-14(19-3)12(2)9-13(11)6-8-17-15(18)5-4-7-16/h9-10H,4-8,16H2,1-3H3,(H,17,18). The molecule has 1 rings (SSSR count). The van der Waals surface area contributed by atoms with Gasteiger partial charge < -0.3 is 15.8 Å². The normalized spacial score (nSPS) is 10.3. The highest BCUT2D eigenvalue weighted by molar-refractivity contribution is 5.75. The summed E-state index contributed by atoms with van der Waals surface area (Å²) in [5.41, 5.74) is 8.93.